The average molecular weight is 309 g/mol. The van der Waals surface area contributed by atoms with Crippen molar-refractivity contribution in [2.75, 3.05) is 0 Å². The molecule has 1 aromatic rings. The first-order chi connectivity index (χ1) is 11.2. The standard InChI is InChI=1S/C20H27N3/c1-4-9-16(13-17-12-15(17)5-2)19-21-14-22-20(3,23-19)18-10-7-6-8-11-18/h6-8,10-11,13-15,17H,4-5,9,12H2,1-3H3,(H,21,22,23)/b16-13+/t15-,17?,20-/m1/s1. The molecule has 1 aliphatic carbocycles. The fourth-order valence-corrected chi connectivity index (χ4v) is 3.30. The number of rotatable bonds is 6. The maximum absolute atomic E-state index is 4.97. The van der Waals surface area contributed by atoms with Crippen molar-refractivity contribution in [3.05, 3.63) is 47.5 Å². The summed E-state index contributed by atoms with van der Waals surface area (Å²) in [5.74, 6) is 2.50. The van der Waals surface area contributed by atoms with Gasteiger partial charge in [-0.2, -0.15) is 0 Å². The summed E-state index contributed by atoms with van der Waals surface area (Å²) in [7, 11) is 0. The van der Waals surface area contributed by atoms with E-state index >= 15 is 0 Å². The average Bonchev–Trinajstić information content (AvgIpc) is 3.34. The number of benzene rings is 1. The molecule has 23 heavy (non-hydrogen) atoms. The van der Waals surface area contributed by atoms with Gasteiger partial charge in [-0.3, -0.25) is 0 Å². The van der Waals surface area contributed by atoms with Gasteiger partial charge in [0.2, 0.25) is 0 Å². The van der Waals surface area contributed by atoms with Gasteiger partial charge in [0.15, 0.2) is 11.5 Å². The molecular weight excluding hydrogens is 282 g/mol. The Morgan fingerprint density at radius 2 is 2.09 bits per heavy atom. The minimum Gasteiger partial charge on any atom is -0.348 e. The third kappa shape index (κ3) is 3.54. The fraction of sp³-hybridized carbons (Fsp3) is 0.500. The van der Waals surface area contributed by atoms with Crippen LogP contribution in [0, 0.1) is 11.8 Å². The summed E-state index contributed by atoms with van der Waals surface area (Å²) < 4.78 is 0. The van der Waals surface area contributed by atoms with Gasteiger partial charge in [-0.25, -0.2) is 9.98 Å². The minimum absolute atomic E-state index is 0.432. The normalized spacial score (nSPS) is 29.9. The Bertz CT molecular complexity index is 630. The van der Waals surface area contributed by atoms with Crippen molar-refractivity contribution >= 4 is 12.2 Å². The van der Waals surface area contributed by atoms with Gasteiger partial charge in [0, 0.05) is 0 Å². The highest BCUT2D eigenvalue weighted by Crippen LogP contribution is 2.43. The van der Waals surface area contributed by atoms with Crippen LogP contribution in [0.4, 0.5) is 0 Å². The van der Waals surface area contributed by atoms with E-state index in [4.69, 9.17) is 4.99 Å². The lowest BCUT2D eigenvalue weighted by Gasteiger charge is -2.29. The lowest BCUT2D eigenvalue weighted by atomic mass is 10.0. The smallest absolute Gasteiger partial charge is 0.155 e. The first-order valence-electron chi connectivity index (χ1n) is 8.83. The van der Waals surface area contributed by atoms with E-state index in [1.165, 1.54) is 18.4 Å². The second-order valence-electron chi connectivity index (χ2n) is 6.79. The molecule has 1 aliphatic heterocycles. The van der Waals surface area contributed by atoms with Crippen LogP contribution in [0.25, 0.3) is 0 Å². The molecule has 0 amide bonds. The van der Waals surface area contributed by atoms with Gasteiger partial charge in [-0.05, 0) is 42.7 Å². The molecule has 1 saturated carbocycles. The molecule has 0 aromatic heterocycles. The Morgan fingerprint density at radius 1 is 1.30 bits per heavy atom. The lowest BCUT2D eigenvalue weighted by molar-refractivity contribution is 0.460. The summed E-state index contributed by atoms with van der Waals surface area (Å²) in [6, 6.07) is 10.4. The number of hydrogen-bond acceptors (Lipinski definition) is 3. The molecule has 1 fully saturated rings. The largest absolute Gasteiger partial charge is 0.348 e. The number of hydrogen-bond donors (Lipinski definition) is 1. The third-order valence-electron chi connectivity index (χ3n) is 4.92. The predicted octanol–water partition coefficient (Wildman–Crippen LogP) is 4.66. The van der Waals surface area contributed by atoms with E-state index in [9.17, 15) is 0 Å². The van der Waals surface area contributed by atoms with Crippen LogP contribution in [-0.4, -0.2) is 12.2 Å². The van der Waals surface area contributed by atoms with Crippen molar-refractivity contribution in [3.63, 3.8) is 0 Å². The van der Waals surface area contributed by atoms with Crippen LogP contribution in [0.1, 0.15) is 52.0 Å². The summed E-state index contributed by atoms with van der Waals surface area (Å²) in [5, 5.41) is 3.32. The molecule has 1 aromatic carbocycles. The second kappa shape index (κ2) is 6.69. The zero-order valence-electron chi connectivity index (χ0n) is 14.4. The fourth-order valence-electron chi connectivity index (χ4n) is 3.30. The first-order valence-corrected chi connectivity index (χ1v) is 8.83. The van der Waals surface area contributed by atoms with Gasteiger partial charge in [0.1, 0.15) is 0 Å². The van der Waals surface area contributed by atoms with Gasteiger partial charge in [-0.1, -0.05) is 63.1 Å². The summed E-state index contributed by atoms with van der Waals surface area (Å²) in [5.41, 5.74) is 2.05. The second-order valence-corrected chi connectivity index (χ2v) is 6.79. The lowest BCUT2D eigenvalue weighted by Crippen LogP contribution is -2.40. The SMILES string of the molecule is CCC/C(=C\C1C[C@H]1CC)C1=N[C@](C)(c2ccccc2)NC=N1. The monoisotopic (exact) mass is 309 g/mol. The summed E-state index contributed by atoms with van der Waals surface area (Å²) in [4.78, 5) is 9.52. The molecule has 122 valence electrons. The Balaban J connectivity index is 1.88. The van der Waals surface area contributed by atoms with E-state index in [1.54, 1.807) is 0 Å². The van der Waals surface area contributed by atoms with E-state index in [0.717, 1.165) is 36.1 Å². The Kier molecular flexibility index (Phi) is 4.65. The molecule has 2 aliphatic rings. The van der Waals surface area contributed by atoms with Crippen LogP contribution in [0.5, 0.6) is 0 Å². The van der Waals surface area contributed by atoms with Gasteiger partial charge < -0.3 is 5.32 Å². The first kappa shape index (κ1) is 16.0. The summed E-state index contributed by atoms with van der Waals surface area (Å²) in [6.45, 7) is 6.62. The van der Waals surface area contributed by atoms with Crippen LogP contribution in [0.3, 0.4) is 0 Å². The minimum atomic E-state index is -0.432. The predicted molar refractivity (Wildman–Crippen MR) is 97.7 cm³/mol. The van der Waals surface area contributed by atoms with Crippen molar-refractivity contribution in [2.24, 2.45) is 21.8 Å². The molecule has 3 atom stereocenters. The molecule has 0 radical (unpaired) electrons. The molecule has 1 heterocycles. The van der Waals surface area contributed by atoms with E-state index in [1.807, 2.05) is 12.4 Å². The molecule has 3 rings (SSSR count). The molecule has 3 heteroatoms. The maximum atomic E-state index is 4.97. The maximum Gasteiger partial charge on any atom is 0.155 e. The molecule has 0 saturated heterocycles. The molecule has 1 N–H and O–H groups in total. The van der Waals surface area contributed by atoms with E-state index < -0.39 is 5.66 Å². The molecule has 0 spiro atoms. The van der Waals surface area contributed by atoms with Gasteiger partial charge in [0.25, 0.3) is 0 Å². The van der Waals surface area contributed by atoms with Gasteiger partial charge in [0.05, 0.1) is 6.34 Å². The Morgan fingerprint density at radius 3 is 2.74 bits per heavy atom. The molecule has 3 nitrogen and oxygen atoms in total. The van der Waals surface area contributed by atoms with E-state index in [2.05, 4.69) is 61.4 Å². The number of nitrogens with zero attached hydrogens (tertiary/aromatic N) is 2. The van der Waals surface area contributed by atoms with E-state index in [-0.39, 0.29) is 0 Å². The third-order valence-corrected chi connectivity index (χ3v) is 4.92. The van der Waals surface area contributed by atoms with Gasteiger partial charge in [-0.15, -0.1) is 0 Å². The zero-order chi connectivity index (χ0) is 16.3. The topological polar surface area (TPSA) is 36.8 Å². The highest BCUT2D eigenvalue weighted by atomic mass is 15.2. The van der Waals surface area contributed by atoms with Crippen molar-refractivity contribution in [2.45, 2.75) is 52.1 Å². The quantitative estimate of drug-likeness (QED) is 0.815. The summed E-state index contributed by atoms with van der Waals surface area (Å²) in [6.07, 6.45) is 9.02. The molecule has 0 bridgehead atoms. The van der Waals surface area contributed by atoms with Crippen LogP contribution >= 0.6 is 0 Å². The highest BCUT2D eigenvalue weighted by molar-refractivity contribution is 6.03. The van der Waals surface area contributed by atoms with E-state index in [0.29, 0.717) is 0 Å². The zero-order valence-corrected chi connectivity index (χ0v) is 14.4. The van der Waals surface area contributed by atoms with Crippen LogP contribution in [-0.2, 0) is 5.66 Å². The number of aliphatic imine (C=N–C) groups is 2. The number of nitrogens with one attached hydrogen (secondary N) is 1. The van der Waals surface area contributed by atoms with Gasteiger partial charge >= 0.3 is 0 Å². The Labute approximate surface area is 139 Å². The number of amidine groups is 1. The number of allylic oxidation sites excluding steroid dienone is 1. The van der Waals surface area contributed by atoms with Crippen LogP contribution in [0.15, 0.2) is 52.0 Å². The van der Waals surface area contributed by atoms with Crippen LogP contribution in [0.2, 0.25) is 0 Å². The molecule has 1 unspecified atom stereocenters. The van der Waals surface area contributed by atoms with Crippen molar-refractivity contribution in [1.29, 1.82) is 0 Å². The van der Waals surface area contributed by atoms with Crippen molar-refractivity contribution in [1.82, 2.24) is 5.32 Å². The molecular formula is C20H27N3. The van der Waals surface area contributed by atoms with Crippen molar-refractivity contribution < 1.29 is 0 Å². The Hall–Kier alpha value is -1.90. The highest BCUT2D eigenvalue weighted by Gasteiger charge is 2.34. The summed E-state index contributed by atoms with van der Waals surface area (Å²) >= 11 is 0. The van der Waals surface area contributed by atoms with Crippen molar-refractivity contribution in [3.8, 4) is 0 Å². The van der Waals surface area contributed by atoms with Crippen LogP contribution < -0.4 is 5.32 Å².